The molecule has 1 aliphatic heterocycles. The molecule has 0 amide bonds. The van der Waals surface area contributed by atoms with E-state index < -0.39 is 6.36 Å². The molecule has 0 fully saturated rings. The highest BCUT2D eigenvalue weighted by molar-refractivity contribution is 5.58. The van der Waals surface area contributed by atoms with Crippen LogP contribution in [0.25, 0.3) is 11.4 Å². The highest BCUT2D eigenvalue weighted by Crippen LogP contribution is 2.24. The van der Waals surface area contributed by atoms with Crippen LogP contribution in [0.2, 0.25) is 0 Å². The molecule has 3 aromatic rings. The Morgan fingerprint density at radius 3 is 2.47 bits per heavy atom. The molecule has 0 bridgehead atoms. The van der Waals surface area contributed by atoms with Gasteiger partial charge in [-0.05, 0) is 42.0 Å². The molecule has 6 nitrogen and oxygen atoms in total. The number of nitrogen functional groups attached to an aromatic ring is 1. The number of ether oxygens (including phenoxy) is 1. The van der Waals surface area contributed by atoms with E-state index in [9.17, 15) is 18.0 Å². The van der Waals surface area contributed by atoms with E-state index in [0.29, 0.717) is 43.1 Å². The number of fused-ring (bicyclic) bond motifs is 1. The first-order valence-corrected chi connectivity index (χ1v) is 9.32. The molecule has 0 unspecified atom stereocenters. The van der Waals surface area contributed by atoms with Crippen molar-refractivity contribution >= 4 is 5.69 Å². The average molecular weight is 416 g/mol. The van der Waals surface area contributed by atoms with E-state index in [0.717, 1.165) is 16.8 Å². The summed E-state index contributed by atoms with van der Waals surface area (Å²) in [5.41, 5.74) is 9.13. The predicted molar refractivity (Wildman–Crippen MR) is 106 cm³/mol. The monoisotopic (exact) mass is 416 g/mol. The lowest BCUT2D eigenvalue weighted by atomic mass is 10.1. The number of aromatic nitrogens is 2. The minimum absolute atomic E-state index is 0.189. The van der Waals surface area contributed by atoms with Crippen LogP contribution in [0.4, 0.5) is 18.9 Å². The van der Waals surface area contributed by atoms with Crippen molar-refractivity contribution < 1.29 is 17.9 Å². The van der Waals surface area contributed by atoms with Gasteiger partial charge in [0.15, 0.2) is 0 Å². The van der Waals surface area contributed by atoms with Gasteiger partial charge >= 0.3 is 6.36 Å². The minimum atomic E-state index is -4.71. The number of nitrogens with zero attached hydrogens (tertiary/aromatic N) is 2. The molecule has 0 atom stereocenters. The number of aromatic amines is 1. The van der Waals surface area contributed by atoms with Crippen molar-refractivity contribution in [3.63, 3.8) is 0 Å². The van der Waals surface area contributed by atoms with Crippen LogP contribution in [-0.4, -0.2) is 27.8 Å². The van der Waals surface area contributed by atoms with Gasteiger partial charge in [-0.3, -0.25) is 9.69 Å². The fraction of sp³-hybridized carbons (Fsp3) is 0.238. The summed E-state index contributed by atoms with van der Waals surface area (Å²) in [4.78, 5) is 22.1. The van der Waals surface area contributed by atoms with Crippen molar-refractivity contribution in [2.45, 2.75) is 25.9 Å². The van der Waals surface area contributed by atoms with E-state index >= 15 is 0 Å². The Balaban J connectivity index is 1.47. The van der Waals surface area contributed by atoms with Crippen molar-refractivity contribution in [3.8, 4) is 17.1 Å². The Kier molecular flexibility index (Phi) is 5.21. The topological polar surface area (TPSA) is 84.2 Å². The summed E-state index contributed by atoms with van der Waals surface area (Å²) in [6, 6.07) is 12.9. The summed E-state index contributed by atoms with van der Waals surface area (Å²) < 4.78 is 40.7. The number of rotatable bonds is 4. The number of hydrogen-bond donors (Lipinski definition) is 2. The Morgan fingerprint density at radius 2 is 1.80 bits per heavy atom. The summed E-state index contributed by atoms with van der Waals surface area (Å²) in [7, 11) is 0. The minimum Gasteiger partial charge on any atom is -0.406 e. The third-order valence-electron chi connectivity index (χ3n) is 4.89. The Bertz CT molecular complexity index is 1090. The SMILES string of the molecule is Nc1ccc(-c2nc3c(c(=O)[nH]2)CN(Cc2ccc(OC(F)(F)F)cc2)CC3)cc1. The van der Waals surface area contributed by atoms with Gasteiger partial charge in [0, 0.05) is 37.3 Å². The maximum absolute atomic E-state index is 12.6. The maximum Gasteiger partial charge on any atom is 0.573 e. The van der Waals surface area contributed by atoms with Gasteiger partial charge in [-0.25, -0.2) is 4.98 Å². The van der Waals surface area contributed by atoms with Crippen molar-refractivity contribution in [2.24, 2.45) is 0 Å². The zero-order valence-corrected chi connectivity index (χ0v) is 15.9. The fourth-order valence-electron chi connectivity index (χ4n) is 3.45. The first-order valence-electron chi connectivity index (χ1n) is 9.32. The molecule has 2 aromatic carbocycles. The molecule has 0 saturated carbocycles. The molecule has 156 valence electrons. The first kappa shape index (κ1) is 20.0. The molecule has 0 aliphatic carbocycles. The number of H-pyrrole nitrogens is 1. The number of nitrogens with one attached hydrogen (secondary N) is 1. The van der Waals surface area contributed by atoms with Crippen LogP contribution in [0.15, 0.2) is 53.3 Å². The number of hydrogen-bond acceptors (Lipinski definition) is 5. The van der Waals surface area contributed by atoms with Crippen LogP contribution in [0.1, 0.15) is 16.8 Å². The second-order valence-electron chi connectivity index (χ2n) is 7.11. The zero-order chi connectivity index (χ0) is 21.3. The summed E-state index contributed by atoms with van der Waals surface area (Å²) in [5, 5.41) is 0. The lowest BCUT2D eigenvalue weighted by Crippen LogP contribution is -2.35. The van der Waals surface area contributed by atoms with Crippen LogP contribution in [-0.2, 0) is 19.5 Å². The lowest BCUT2D eigenvalue weighted by Gasteiger charge is -2.27. The Hall–Kier alpha value is -3.33. The molecule has 0 spiro atoms. The van der Waals surface area contributed by atoms with Gasteiger partial charge < -0.3 is 15.5 Å². The van der Waals surface area contributed by atoms with E-state index in [-0.39, 0.29) is 11.3 Å². The Morgan fingerprint density at radius 1 is 1.10 bits per heavy atom. The van der Waals surface area contributed by atoms with Crippen LogP contribution in [0.3, 0.4) is 0 Å². The van der Waals surface area contributed by atoms with E-state index in [4.69, 9.17) is 5.73 Å². The van der Waals surface area contributed by atoms with Gasteiger partial charge in [0.2, 0.25) is 0 Å². The highest BCUT2D eigenvalue weighted by atomic mass is 19.4. The summed E-state index contributed by atoms with van der Waals surface area (Å²) in [6.45, 7) is 1.61. The normalized spacial score (nSPS) is 14.4. The van der Waals surface area contributed by atoms with Gasteiger partial charge in [-0.15, -0.1) is 13.2 Å². The number of nitrogens with two attached hydrogens (primary N) is 1. The van der Waals surface area contributed by atoms with E-state index in [1.165, 1.54) is 12.1 Å². The van der Waals surface area contributed by atoms with Gasteiger partial charge in [-0.1, -0.05) is 12.1 Å². The summed E-state index contributed by atoms with van der Waals surface area (Å²) >= 11 is 0. The van der Waals surface area contributed by atoms with Crippen LogP contribution in [0, 0.1) is 0 Å². The smallest absolute Gasteiger partial charge is 0.406 e. The van der Waals surface area contributed by atoms with E-state index in [2.05, 4.69) is 19.6 Å². The van der Waals surface area contributed by atoms with Crippen LogP contribution < -0.4 is 16.0 Å². The highest BCUT2D eigenvalue weighted by Gasteiger charge is 2.31. The second kappa shape index (κ2) is 7.83. The number of halogens is 3. The molecule has 4 rings (SSSR count). The zero-order valence-electron chi connectivity index (χ0n) is 15.9. The summed E-state index contributed by atoms with van der Waals surface area (Å²) in [5.74, 6) is 0.249. The van der Waals surface area contributed by atoms with E-state index in [1.54, 1.807) is 36.4 Å². The molecule has 0 saturated heterocycles. The maximum atomic E-state index is 12.6. The van der Waals surface area contributed by atoms with Crippen molar-refractivity contribution in [1.82, 2.24) is 14.9 Å². The van der Waals surface area contributed by atoms with Gasteiger partial charge in [0.25, 0.3) is 5.56 Å². The molecule has 9 heteroatoms. The van der Waals surface area contributed by atoms with E-state index in [1.807, 2.05) is 0 Å². The summed E-state index contributed by atoms with van der Waals surface area (Å²) in [6.07, 6.45) is -4.10. The van der Waals surface area contributed by atoms with Crippen molar-refractivity contribution in [2.75, 3.05) is 12.3 Å². The van der Waals surface area contributed by atoms with Gasteiger partial charge in [0.05, 0.1) is 11.3 Å². The molecule has 2 heterocycles. The molecule has 1 aromatic heterocycles. The standard InChI is InChI=1S/C21H19F3N4O2/c22-21(23,24)30-16-7-1-13(2-8-16)11-28-10-9-18-17(12-28)20(29)27-19(26-18)14-3-5-15(25)6-4-14/h1-8H,9-12,25H2,(H,26,27,29). The molecule has 0 radical (unpaired) electrons. The fourth-order valence-corrected chi connectivity index (χ4v) is 3.45. The molecular weight excluding hydrogens is 397 g/mol. The van der Waals surface area contributed by atoms with Crippen molar-refractivity contribution in [1.29, 1.82) is 0 Å². The van der Waals surface area contributed by atoms with Gasteiger partial charge in [-0.2, -0.15) is 0 Å². The predicted octanol–water partition coefficient (Wildman–Crippen LogP) is 3.48. The molecule has 1 aliphatic rings. The third kappa shape index (κ3) is 4.62. The quantitative estimate of drug-likeness (QED) is 0.637. The number of anilines is 1. The molecular formula is C21H19F3N4O2. The average Bonchev–Trinajstić information content (AvgIpc) is 2.69. The largest absolute Gasteiger partial charge is 0.573 e. The number of alkyl halides is 3. The molecule has 3 N–H and O–H groups in total. The van der Waals surface area contributed by atoms with Crippen LogP contribution >= 0.6 is 0 Å². The first-order chi connectivity index (χ1) is 14.3. The third-order valence-corrected chi connectivity index (χ3v) is 4.89. The lowest BCUT2D eigenvalue weighted by molar-refractivity contribution is -0.274. The van der Waals surface area contributed by atoms with Crippen molar-refractivity contribution in [3.05, 3.63) is 75.7 Å². The molecule has 30 heavy (non-hydrogen) atoms. The number of benzene rings is 2. The Labute approximate surface area is 170 Å². The van der Waals surface area contributed by atoms with Crippen LogP contribution in [0.5, 0.6) is 5.75 Å². The second-order valence-corrected chi connectivity index (χ2v) is 7.11. The van der Waals surface area contributed by atoms with Gasteiger partial charge in [0.1, 0.15) is 11.6 Å².